The first kappa shape index (κ1) is 19.1. The van der Waals surface area contributed by atoms with Gasteiger partial charge in [0.15, 0.2) is 0 Å². The normalized spacial score (nSPS) is 17.5. The number of hydrogen-bond acceptors (Lipinski definition) is 7. The van der Waals surface area contributed by atoms with Gasteiger partial charge in [-0.3, -0.25) is 33.8 Å². The van der Waals surface area contributed by atoms with Crippen LogP contribution in [0.25, 0.3) is 6.08 Å². The van der Waals surface area contributed by atoms with E-state index >= 15 is 0 Å². The Kier molecular flexibility index (Phi) is 4.81. The molecule has 0 unspecified atom stereocenters. The monoisotopic (exact) mass is 427 g/mol. The topological polar surface area (TPSA) is 104 Å². The second-order valence-electron chi connectivity index (χ2n) is 6.26. The van der Waals surface area contributed by atoms with Crippen molar-refractivity contribution in [3.05, 3.63) is 56.6 Å². The number of rotatable bonds is 4. The van der Waals surface area contributed by atoms with E-state index in [4.69, 9.17) is 0 Å². The third-order valence-corrected chi connectivity index (χ3v) is 6.09. The Morgan fingerprint density at radius 1 is 1.07 bits per heavy atom. The molecule has 5 amide bonds. The zero-order chi connectivity index (χ0) is 20.7. The predicted octanol–water partition coefficient (Wildman–Crippen LogP) is 2.65. The molecule has 10 heteroatoms. The molecule has 1 N–H and O–H groups in total. The fraction of sp³-hybridized carbons (Fsp3) is 0.105. The van der Waals surface area contributed by atoms with Gasteiger partial charge in [0, 0.05) is 17.6 Å². The standard InChI is InChI=1S/C19H13N3O5S2/c1-21-16(24)12-5-4-10(7-13(12)17(21)25)20-15(23)9-22-18(26)14(29-19(22)27)8-11-3-2-6-28-11/h2-8H,9H2,1H3,(H,20,23)/b14-8-. The number of benzene rings is 1. The number of fused-ring (bicyclic) bond motifs is 1. The molecule has 2 aliphatic rings. The molecule has 0 aliphatic carbocycles. The molecule has 1 aromatic carbocycles. The summed E-state index contributed by atoms with van der Waals surface area (Å²) in [7, 11) is 1.38. The van der Waals surface area contributed by atoms with Crippen LogP contribution in [-0.4, -0.2) is 52.3 Å². The molecule has 1 saturated heterocycles. The SMILES string of the molecule is CN1C(=O)c2ccc(NC(=O)CN3C(=O)S/C(=C\c4cccs4)C3=O)cc2C1=O. The van der Waals surface area contributed by atoms with Crippen LogP contribution >= 0.6 is 23.1 Å². The van der Waals surface area contributed by atoms with E-state index in [0.29, 0.717) is 5.69 Å². The molecule has 1 fully saturated rings. The summed E-state index contributed by atoms with van der Waals surface area (Å²) in [6.07, 6.45) is 1.62. The molecule has 2 aromatic rings. The number of carbonyl (C=O) groups excluding carboxylic acids is 5. The van der Waals surface area contributed by atoms with E-state index in [-0.39, 0.29) is 16.0 Å². The number of thiophene rings is 1. The maximum Gasteiger partial charge on any atom is 0.294 e. The lowest BCUT2D eigenvalue weighted by atomic mass is 10.1. The first-order valence-electron chi connectivity index (χ1n) is 8.40. The highest BCUT2D eigenvalue weighted by Crippen LogP contribution is 2.33. The van der Waals surface area contributed by atoms with Crippen molar-refractivity contribution in [1.29, 1.82) is 0 Å². The molecule has 29 heavy (non-hydrogen) atoms. The molecule has 8 nitrogen and oxygen atoms in total. The van der Waals surface area contributed by atoms with Crippen LogP contribution in [-0.2, 0) is 9.59 Å². The van der Waals surface area contributed by atoms with E-state index in [1.54, 1.807) is 6.08 Å². The molecule has 3 heterocycles. The fourth-order valence-corrected chi connectivity index (χ4v) is 4.48. The van der Waals surface area contributed by atoms with Crippen molar-refractivity contribution in [1.82, 2.24) is 9.80 Å². The van der Waals surface area contributed by atoms with Crippen molar-refractivity contribution < 1.29 is 24.0 Å². The lowest BCUT2D eigenvalue weighted by molar-refractivity contribution is -0.127. The van der Waals surface area contributed by atoms with Crippen LogP contribution in [0, 0.1) is 0 Å². The van der Waals surface area contributed by atoms with Gasteiger partial charge in [0.2, 0.25) is 5.91 Å². The minimum absolute atomic E-state index is 0.195. The van der Waals surface area contributed by atoms with Crippen molar-refractivity contribution in [2.45, 2.75) is 0 Å². The summed E-state index contributed by atoms with van der Waals surface area (Å²) < 4.78 is 0. The van der Waals surface area contributed by atoms with Crippen molar-refractivity contribution in [2.24, 2.45) is 0 Å². The third kappa shape index (κ3) is 3.47. The smallest absolute Gasteiger partial charge is 0.294 e. The van der Waals surface area contributed by atoms with E-state index in [9.17, 15) is 24.0 Å². The van der Waals surface area contributed by atoms with Crippen LogP contribution in [0.2, 0.25) is 0 Å². The summed E-state index contributed by atoms with van der Waals surface area (Å²) in [5.74, 6) is -1.97. The van der Waals surface area contributed by atoms with Crippen LogP contribution in [0.3, 0.4) is 0 Å². The minimum atomic E-state index is -0.588. The molecule has 4 rings (SSSR count). The number of thioether (sulfide) groups is 1. The maximum atomic E-state index is 12.5. The summed E-state index contributed by atoms with van der Waals surface area (Å²) >= 11 is 2.22. The number of amides is 5. The van der Waals surface area contributed by atoms with Crippen molar-refractivity contribution in [3.8, 4) is 0 Å². The van der Waals surface area contributed by atoms with Crippen LogP contribution in [0.5, 0.6) is 0 Å². The Balaban J connectivity index is 1.45. The molecular weight excluding hydrogens is 414 g/mol. The summed E-state index contributed by atoms with van der Waals surface area (Å²) in [5, 5.41) is 3.89. The number of nitrogens with one attached hydrogen (secondary N) is 1. The van der Waals surface area contributed by atoms with E-state index in [1.165, 1.54) is 36.6 Å². The molecule has 0 spiro atoms. The number of imide groups is 2. The molecule has 146 valence electrons. The number of nitrogens with zero attached hydrogens (tertiary/aromatic N) is 2. The Bertz CT molecular complexity index is 1110. The van der Waals surface area contributed by atoms with Gasteiger partial charge >= 0.3 is 0 Å². The molecular formula is C19H13N3O5S2. The third-order valence-electron chi connectivity index (χ3n) is 4.37. The highest BCUT2D eigenvalue weighted by Gasteiger charge is 2.37. The maximum absolute atomic E-state index is 12.5. The Labute approximate surface area is 173 Å². The summed E-state index contributed by atoms with van der Waals surface area (Å²) in [4.78, 5) is 63.9. The van der Waals surface area contributed by atoms with Gasteiger partial charge in [-0.1, -0.05) is 6.07 Å². The average molecular weight is 427 g/mol. The van der Waals surface area contributed by atoms with E-state index in [0.717, 1.165) is 26.4 Å². The van der Waals surface area contributed by atoms with Crippen LogP contribution in [0.4, 0.5) is 10.5 Å². The molecule has 1 aromatic heterocycles. The van der Waals surface area contributed by atoms with Gasteiger partial charge in [-0.25, -0.2) is 0 Å². The lowest BCUT2D eigenvalue weighted by Crippen LogP contribution is -2.36. The van der Waals surface area contributed by atoms with Gasteiger partial charge in [0.05, 0.1) is 16.0 Å². The summed E-state index contributed by atoms with van der Waals surface area (Å²) in [6.45, 7) is -0.448. The van der Waals surface area contributed by atoms with Gasteiger partial charge in [-0.15, -0.1) is 11.3 Å². The van der Waals surface area contributed by atoms with Gasteiger partial charge in [-0.05, 0) is 47.5 Å². The van der Waals surface area contributed by atoms with E-state index < -0.39 is 35.4 Å². The molecule has 2 aliphatic heterocycles. The number of anilines is 1. The number of carbonyl (C=O) groups is 5. The van der Waals surface area contributed by atoms with Crippen LogP contribution < -0.4 is 5.32 Å². The zero-order valence-corrected chi connectivity index (χ0v) is 16.6. The first-order chi connectivity index (χ1) is 13.8. The predicted molar refractivity (Wildman–Crippen MR) is 108 cm³/mol. The summed E-state index contributed by atoms with van der Waals surface area (Å²) in [5.41, 5.74) is 0.756. The number of hydrogen-bond donors (Lipinski definition) is 1. The van der Waals surface area contributed by atoms with Gasteiger partial charge < -0.3 is 5.32 Å². The molecule has 0 atom stereocenters. The Morgan fingerprint density at radius 2 is 1.83 bits per heavy atom. The lowest BCUT2D eigenvalue weighted by Gasteiger charge is -2.12. The first-order valence-corrected chi connectivity index (χ1v) is 10.1. The average Bonchev–Trinajstić information content (AvgIpc) is 3.35. The minimum Gasteiger partial charge on any atom is -0.325 e. The van der Waals surface area contributed by atoms with Crippen LogP contribution in [0.1, 0.15) is 25.6 Å². The quantitative estimate of drug-likeness (QED) is 0.594. The summed E-state index contributed by atoms with van der Waals surface area (Å²) in [6, 6.07) is 8.01. The Morgan fingerprint density at radius 3 is 2.55 bits per heavy atom. The van der Waals surface area contributed by atoms with Gasteiger partial charge in [0.1, 0.15) is 6.54 Å². The van der Waals surface area contributed by atoms with Crippen LogP contribution in [0.15, 0.2) is 40.6 Å². The molecule has 0 bridgehead atoms. The molecule has 0 saturated carbocycles. The largest absolute Gasteiger partial charge is 0.325 e. The second-order valence-corrected chi connectivity index (χ2v) is 8.23. The van der Waals surface area contributed by atoms with Gasteiger partial charge in [-0.2, -0.15) is 0 Å². The molecule has 0 radical (unpaired) electrons. The van der Waals surface area contributed by atoms with Gasteiger partial charge in [0.25, 0.3) is 23.0 Å². The van der Waals surface area contributed by atoms with Crippen molar-refractivity contribution in [2.75, 3.05) is 18.9 Å². The fourth-order valence-electron chi connectivity index (χ4n) is 2.92. The van der Waals surface area contributed by atoms with E-state index in [2.05, 4.69) is 5.32 Å². The zero-order valence-electron chi connectivity index (χ0n) is 15.0. The second kappa shape index (κ2) is 7.30. The van der Waals surface area contributed by atoms with E-state index in [1.807, 2.05) is 17.5 Å². The Hall–Kier alpha value is -3.24. The van der Waals surface area contributed by atoms with Crippen molar-refractivity contribution >= 4 is 63.7 Å². The highest BCUT2D eigenvalue weighted by atomic mass is 32.2. The highest BCUT2D eigenvalue weighted by molar-refractivity contribution is 8.18. The van der Waals surface area contributed by atoms with Crippen molar-refractivity contribution in [3.63, 3.8) is 0 Å².